The van der Waals surface area contributed by atoms with Crippen LogP contribution in [0.3, 0.4) is 0 Å². The van der Waals surface area contributed by atoms with Crippen molar-refractivity contribution in [2.24, 2.45) is 50.7 Å². The van der Waals surface area contributed by atoms with Gasteiger partial charge in [-0.15, -0.1) is 0 Å². The predicted octanol–water partition coefficient (Wildman–Crippen LogP) is 23.6. The van der Waals surface area contributed by atoms with E-state index in [-0.39, 0.29) is 84.8 Å². The first-order valence-electron chi connectivity index (χ1n) is 46.4. The highest BCUT2D eigenvalue weighted by atomic mass is 32.2. The fourth-order valence-corrected chi connectivity index (χ4v) is 26.3. The number of ether oxygens (including phenoxy) is 8. The van der Waals surface area contributed by atoms with Gasteiger partial charge in [0.25, 0.3) is 0 Å². The zero-order valence-corrected chi connectivity index (χ0v) is 82.7. The SMILES string of the molecule is CC(C)(OC(=O)C(C)(C)C(C)(C(=O)OC1CCOC1=O)C(C)(C(=O)OC1CC(C(C)(O)C(F)(F)F)CC(C(C)(O)C(F)(F)F)C1)C(C)(C)C(=O)OCC(F)(F)S(=O)(=O)O)c1ccccc1.CC(F)(F)C(F)(F)CCOC(=O)C12CC3CC(CC(O)(C3)C1)C2.CCC1(OC(=O)COc2c(C)cc(-[s+]3c4ccccc4c4ccccc43)cc2C)CCCC1.c1ccc(-[s+]2c3ccccc3c3ccccc32)cc1. The van der Waals surface area contributed by atoms with Crippen LogP contribution in [-0.2, 0) is 82.4 Å². The Morgan fingerprint density at radius 1 is 0.529 bits per heavy atom. The number of hydrogen-bond acceptors (Lipinski definition) is 20. The molecule has 140 heavy (non-hydrogen) atoms. The Morgan fingerprint density at radius 2 is 0.957 bits per heavy atom. The van der Waals surface area contributed by atoms with Gasteiger partial charge in [0.05, 0.1) is 52.3 Å². The molecule has 0 spiro atoms. The van der Waals surface area contributed by atoms with Crippen molar-refractivity contribution in [1.82, 2.24) is 0 Å². The summed E-state index contributed by atoms with van der Waals surface area (Å²) in [5.41, 5.74) is -20.5. The van der Waals surface area contributed by atoms with E-state index in [1.54, 1.807) is 30.3 Å². The molecular weight excluding hydrogens is 1910 g/mol. The second-order valence-corrected chi connectivity index (χ2v) is 45.9. The number of cyclic esters (lactones) is 1. The van der Waals surface area contributed by atoms with E-state index in [0.717, 1.165) is 90.0 Å². The molecule has 0 amide bonds. The van der Waals surface area contributed by atoms with Gasteiger partial charge in [0.1, 0.15) is 23.1 Å². The van der Waals surface area contributed by atoms with Crippen molar-refractivity contribution in [2.45, 2.75) is 269 Å². The van der Waals surface area contributed by atoms with Gasteiger partial charge in [0.15, 0.2) is 53.0 Å². The number of hydrogen-bond donors (Lipinski definition) is 4. The van der Waals surface area contributed by atoms with Crippen molar-refractivity contribution in [3.8, 4) is 15.5 Å². The molecule has 2 aromatic heterocycles. The van der Waals surface area contributed by atoms with Crippen LogP contribution < -0.4 is 4.74 Å². The molecule has 7 aliphatic rings. The fourth-order valence-electron chi connectivity index (χ4n) is 21.2. The lowest BCUT2D eigenvalue weighted by molar-refractivity contribution is -0.300. The maximum atomic E-state index is 15.2. The molecule has 16 rings (SSSR count). The molecule has 1 saturated heterocycles. The van der Waals surface area contributed by atoms with E-state index in [0.29, 0.717) is 44.6 Å². The van der Waals surface area contributed by atoms with Crippen LogP contribution in [0, 0.1) is 64.6 Å². The molecule has 21 nitrogen and oxygen atoms in total. The number of aryl methyl sites for hydroxylation is 2. The maximum absolute atomic E-state index is 15.2. The van der Waals surface area contributed by atoms with Gasteiger partial charge in [-0.1, -0.05) is 104 Å². The highest BCUT2D eigenvalue weighted by Gasteiger charge is 2.75. The molecule has 4 bridgehead atoms. The summed E-state index contributed by atoms with van der Waals surface area (Å²) in [4.78, 5) is 99.3. The standard InChI is InChI=1S/C41H54F8O15S.C29H31O3S.C18H13S.C16H22F4O3/c1-32(2,28(51)61-21-39(42,43)65(57,58)59)35(7,30(53)62-25-19-23(37(9,55)40(44,45)46)18-24(20-25)38(10,56)41(47,48)49)36(8,31(54)63-26-16-17-60-27(26)50)33(3,4)29(52)64-34(5,6)22-14-12-11-13-15-22;1-4-29(15-9-10-16-29)32-27(30)19-31-28-20(2)17-22(18-21(28)3)33-25-13-7-5-11-23(25)24-12-6-8-14-26(24)33;1-2-8-14(9-3-1)19-17-12-6-4-10-15(17)16-11-5-7-13-18(16)19;1-13(17,18)16(19,20)2-3-23-12(21)14-5-10-4-11(6-14)8-15(22,7-10)9-14/h11-15,23-26,55-56H,16-21H2,1-10H3,(H,57,58,59);5-8,11-14,17-18H,4,9-10,15-16,19H2,1-3H3;1-13H;10-11,22H,2-9H2,1H3/q;2*+1;. The molecule has 7 fully saturated rings. The number of carbonyl (C=O) groups is 7. The third-order valence-corrected chi connectivity index (χ3v) is 35.5. The van der Waals surface area contributed by atoms with E-state index >= 15 is 4.79 Å². The molecule has 9 atom stereocenters. The topological polar surface area (TPSA) is 308 Å². The van der Waals surface area contributed by atoms with Gasteiger partial charge in [0.2, 0.25) is 6.10 Å². The van der Waals surface area contributed by atoms with Crippen molar-refractivity contribution >= 4 is 113 Å². The fraction of sp³-hybridized carbons (Fsp3) is 0.529. The molecule has 6 aliphatic carbocycles. The van der Waals surface area contributed by atoms with Gasteiger partial charge in [0, 0.05) is 79.8 Å². The molecule has 9 aromatic rings. The van der Waals surface area contributed by atoms with Gasteiger partial charge in [-0.3, -0.25) is 28.5 Å². The van der Waals surface area contributed by atoms with E-state index in [1.807, 2.05) is 0 Å². The Kier molecular flexibility index (Phi) is 31.3. The molecular formula is C104H120F12O21S3+2. The number of aliphatic hydroxyl groups is 3. The monoisotopic (exact) mass is 2030 g/mol. The normalized spacial score (nSPS) is 22.9. The molecule has 3 heterocycles. The quantitative estimate of drug-likeness (QED) is 0.0116. The number of esters is 7. The van der Waals surface area contributed by atoms with Crippen LogP contribution in [0.2, 0.25) is 0 Å². The number of halogens is 12. The summed E-state index contributed by atoms with van der Waals surface area (Å²) in [6.07, 6.45) is -10.9. The minimum absolute atomic E-state index is 0.0415. The summed E-state index contributed by atoms with van der Waals surface area (Å²) >= 11 is 0. The van der Waals surface area contributed by atoms with Crippen LogP contribution in [-0.4, -0.2) is 161 Å². The second kappa shape index (κ2) is 40.3. The van der Waals surface area contributed by atoms with E-state index in [4.69, 9.17) is 37.7 Å². The van der Waals surface area contributed by atoms with Gasteiger partial charge in [-0.05, 0) is 262 Å². The average molecular weight is 2030 g/mol. The lowest BCUT2D eigenvalue weighted by atomic mass is 9.45. The lowest BCUT2D eigenvalue weighted by Gasteiger charge is -2.58. The second-order valence-electron chi connectivity index (χ2n) is 40.5. The van der Waals surface area contributed by atoms with E-state index < -0.39 is 188 Å². The molecule has 762 valence electrons. The van der Waals surface area contributed by atoms with Gasteiger partial charge >= 0.3 is 81.4 Å². The van der Waals surface area contributed by atoms with Crippen molar-refractivity contribution in [1.29, 1.82) is 0 Å². The molecule has 9 unspecified atom stereocenters. The van der Waals surface area contributed by atoms with Crippen LogP contribution in [0.25, 0.3) is 50.1 Å². The van der Waals surface area contributed by atoms with E-state index in [2.05, 4.69) is 165 Å². The number of benzene rings is 7. The van der Waals surface area contributed by atoms with Crippen molar-refractivity contribution < 1.29 is 152 Å². The van der Waals surface area contributed by atoms with Gasteiger partial charge in [-0.2, -0.15) is 52.3 Å². The first-order chi connectivity index (χ1) is 64.9. The average Bonchev–Trinajstić information content (AvgIpc) is 0.819. The smallest absolute Gasteiger partial charge is 0.417 e. The number of carbonyl (C=O) groups excluding carboxylic acids is 7. The first-order valence-corrected chi connectivity index (χ1v) is 50.3. The Morgan fingerprint density at radius 3 is 1.38 bits per heavy atom. The van der Waals surface area contributed by atoms with E-state index in [9.17, 15) is 105 Å². The Labute approximate surface area is 809 Å². The minimum Gasteiger partial charge on any atom is -0.481 e. The summed E-state index contributed by atoms with van der Waals surface area (Å²) in [7, 11) is -6.37. The number of thiophene rings is 2. The highest BCUT2D eigenvalue weighted by molar-refractivity contribution is 7.86. The van der Waals surface area contributed by atoms with Crippen molar-refractivity contribution in [2.75, 3.05) is 26.4 Å². The summed E-state index contributed by atoms with van der Waals surface area (Å²) in [6.45, 7) is 11.1. The van der Waals surface area contributed by atoms with Crippen LogP contribution >= 0.6 is 20.9 Å². The van der Waals surface area contributed by atoms with E-state index in [1.165, 1.54) is 64.0 Å². The Balaban J connectivity index is 0.000000190. The third-order valence-electron chi connectivity index (χ3n) is 29.9. The van der Waals surface area contributed by atoms with Crippen molar-refractivity contribution in [3.63, 3.8) is 0 Å². The number of rotatable bonds is 28. The summed E-state index contributed by atoms with van der Waals surface area (Å²) < 4.78 is 248. The molecule has 1 aliphatic heterocycles. The molecule has 7 aromatic carbocycles. The van der Waals surface area contributed by atoms with Crippen LogP contribution in [0.1, 0.15) is 203 Å². The summed E-state index contributed by atoms with van der Waals surface area (Å²) in [5, 5.41) is 32.2. The van der Waals surface area contributed by atoms with Gasteiger partial charge < -0.3 is 53.2 Å². The third kappa shape index (κ3) is 21.6. The lowest BCUT2D eigenvalue weighted by Crippen LogP contribution is -2.67. The number of fused-ring (bicyclic) bond motifs is 6. The number of alkyl halides is 12. The Hall–Kier alpha value is -9.98. The largest absolute Gasteiger partial charge is 0.481 e. The van der Waals surface area contributed by atoms with Crippen molar-refractivity contribution in [3.05, 3.63) is 187 Å². The predicted molar refractivity (Wildman–Crippen MR) is 503 cm³/mol. The van der Waals surface area contributed by atoms with Crippen LogP contribution in [0.5, 0.6) is 5.75 Å². The molecule has 0 radical (unpaired) electrons. The molecule has 36 heteroatoms. The molecule has 4 N–H and O–H groups in total. The van der Waals surface area contributed by atoms with Crippen LogP contribution in [0.4, 0.5) is 52.7 Å². The zero-order chi connectivity index (χ0) is 103. The van der Waals surface area contributed by atoms with Crippen LogP contribution in [0.15, 0.2) is 170 Å². The highest BCUT2D eigenvalue weighted by Crippen LogP contribution is 2.65. The zero-order valence-electron chi connectivity index (χ0n) is 80.3. The first kappa shape index (κ1) is 109. The van der Waals surface area contributed by atoms with Gasteiger partial charge in [-0.25, -0.2) is 18.4 Å². The Bertz CT molecular complexity index is 6000. The molecule has 6 saturated carbocycles. The maximum Gasteiger partial charge on any atom is 0.417 e. The summed E-state index contributed by atoms with van der Waals surface area (Å²) in [6, 6.07) is 58.1. The summed E-state index contributed by atoms with van der Waals surface area (Å²) in [5.74, 6) is -20.5. The minimum atomic E-state index is -6.29.